The number of ketones is 1. The Morgan fingerprint density at radius 2 is 1.40 bits per heavy atom. The molecule has 5 rings (SSSR count). The van der Waals surface area contributed by atoms with Crippen LogP contribution in [0, 0.1) is 6.92 Å². The van der Waals surface area contributed by atoms with E-state index in [9.17, 15) is 4.79 Å². The predicted molar refractivity (Wildman–Crippen MR) is 126 cm³/mol. The monoisotopic (exact) mass is 425 g/mol. The third kappa shape index (κ3) is 3.04. The molecule has 0 unspecified atom stereocenters. The number of nitrogens with zero attached hydrogens (tertiary/aromatic N) is 1. The Morgan fingerprint density at radius 3 is 2.00 bits per heavy atom. The first-order valence-corrected chi connectivity index (χ1v) is 11.5. The number of hydrogen-bond acceptors (Lipinski definition) is 4. The summed E-state index contributed by atoms with van der Waals surface area (Å²) in [6.07, 6.45) is 0. The molecule has 30 heavy (non-hydrogen) atoms. The van der Waals surface area contributed by atoms with Crippen molar-refractivity contribution >= 4 is 39.6 Å². The third-order valence-corrected chi connectivity index (χ3v) is 7.38. The van der Waals surface area contributed by atoms with Crippen molar-refractivity contribution in [2.24, 2.45) is 4.99 Å². The Hall–Kier alpha value is -2.95. The van der Waals surface area contributed by atoms with E-state index in [1.807, 2.05) is 72.1 Å². The molecule has 0 amide bonds. The largest absolute Gasteiger partial charge is 0.291 e. The fraction of sp³-hybridized carbons (Fsp3) is 0.0769. The molecule has 3 aromatic carbocycles. The van der Waals surface area contributed by atoms with E-state index >= 15 is 0 Å². The summed E-state index contributed by atoms with van der Waals surface area (Å²) in [5.41, 5.74) is 2.90. The van der Waals surface area contributed by atoms with Crippen molar-refractivity contribution in [2.45, 2.75) is 17.2 Å². The summed E-state index contributed by atoms with van der Waals surface area (Å²) in [6.45, 7) is 2.08. The lowest BCUT2D eigenvalue weighted by molar-refractivity contribution is 0.0953. The Kier molecular flexibility index (Phi) is 4.89. The van der Waals surface area contributed by atoms with Crippen LogP contribution < -0.4 is 0 Å². The number of benzene rings is 3. The van der Waals surface area contributed by atoms with E-state index in [1.165, 1.54) is 16.9 Å². The Morgan fingerprint density at radius 1 is 0.800 bits per heavy atom. The highest BCUT2D eigenvalue weighted by atomic mass is 32.2. The molecule has 1 aliphatic rings. The number of carbonyl (C=O) groups is 1. The number of aryl methyl sites for hydroxylation is 1. The average molecular weight is 426 g/mol. The van der Waals surface area contributed by atoms with Gasteiger partial charge in [0.1, 0.15) is 10.5 Å². The summed E-state index contributed by atoms with van der Waals surface area (Å²) in [5, 5.41) is 2.74. The van der Waals surface area contributed by atoms with E-state index in [2.05, 4.69) is 31.2 Å². The Bertz CT molecular complexity index is 1190. The van der Waals surface area contributed by atoms with Crippen molar-refractivity contribution in [3.63, 3.8) is 0 Å². The number of hydrogen-bond donors (Lipinski definition) is 0. The lowest BCUT2D eigenvalue weighted by Crippen LogP contribution is -2.45. The van der Waals surface area contributed by atoms with Crippen LogP contribution in [-0.2, 0) is 5.41 Å². The zero-order chi connectivity index (χ0) is 20.6. The van der Waals surface area contributed by atoms with Crippen molar-refractivity contribution in [2.75, 3.05) is 0 Å². The summed E-state index contributed by atoms with van der Waals surface area (Å²) in [6, 6.07) is 30.4. The molecule has 2 heterocycles. The van der Waals surface area contributed by atoms with Crippen LogP contribution in [0.2, 0.25) is 0 Å². The van der Waals surface area contributed by atoms with Gasteiger partial charge in [0.15, 0.2) is 5.78 Å². The molecule has 0 radical (unpaired) electrons. The molecule has 2 nitrogen and oxygen atoms in total. The minimum absolute atomic E-state index is 0.0921. The molecule has 0 N–H and O–H groups in total. The summed E-state index contributed by atoms with van der Waals surface area (Å²) < 4.78 is 0. The van der Waals surface area contributed by atoms with Crippen molar-refractivity contribution in [3.8, 4) is 0 Å². The van der Waals surface area contributed by atoms with Gasteiger partial charge in [0.05, 0.1) is 10.6 Å². The van der Waals surface area contributed by atoms with E-state index in [0.29, 0.717) is 0 Å². The van der Waals surface area contributed by atoms with Gasteiger partial charge in [-0.05, 0) is 41.6 Å². The van der Waals surface area contributed by atoms with Crippen LogP contribution in [0.15, 0.2) is 106 Å². The summed E-state index contributed by atoms with van der Waals surface area (Å²) in [7, 11) is 0. The number of aliphatic imine (C=N–C) groups is 1. The van der Waals surface area contributed by atoms with Gasteiger partial charge < -0.3 is 0 Å². The molecular formula is C26H19NOS2. The molecule has 0 aliphatic carbocycles. The van der Waals surface area contributed by atoms with Gasteiger partial charge in [0.25, 0.3) is 0 Å². The van der Waals surface area contributed by atoms with Crippen molar-refractivity contribution < 1.29 is 4.79 Å². The van der Waals surface area contributed by atoms with Gasteiger partial charge in [-0.3, -0.25) is 4.79 Å². The second kappa shape index (κ2) is 7.71. The van der Waals surface area contributed by atoms with Crippen LogP contribution >= 0.6 is 23.1 Å². The van der Waals surface area contributed by atoms with Crippen molar-refractivity contribution in [1.29, 1.82) is 0 Å². The number of carbonyl (C=O) groups excluding carboxylic acids is 1. The van der Waals surface area contributed by atoms with Gasteiger partial charge in [0.2, 0.25) is 0 Å². The molecule has 4 aromatic rings. The van der Waals surface area contributed by atoms with Gasteiger partial charge in [0, 0.05) is 4.90 Å². The normalized spacial score (nSPS) is 14.8. The second-order valence-electron chi connectivity index (χ2n) is 7.28. The van der Waals surface area contributed by atoms with Crippen molar-refractivity contribution in [1.82, 2.24) is 0 Å². The van der Waals surface area contributed by atoms with Crippen LogP contribution in [0.1, 0.15) is 26.4 Å². The topological polar surface area (TPSA) is 29.4 Å². The Balaban J connectivity index is 1.79. The fourth-order valence-corrected chi connectivity index (χ4v) is 5.84. The van der Waals surface area contributed by atoms with Gasteiger partial charge >= 0.3 is 0 Å². The molecule has 0 saturated carbocycles. The molecule has 0 saturated heterocycles. The number of thiophene rings is 1. The zero-order valence-electron chi connectivity index (χ0n) is 16.4. The molecule has 146 valence electrons. The van der Waals surface area contributed by atoms with E-state index < -0.39 is 5.41 Å². The van der Waals surface area contributed by atoms with Crippen LogP contribution in [0.4, 0.5) is 5.69 Å². The molecule has 0 spiro atoms. The summed E-state index contributed by atoms with van der Waals surface area (Å²) in [5.74, 6) is 0.0921. The predicted octanol–water partition coefficient (Wildman–Crippen LogP) is 7.06. The van der Waals surface area contributed by atoms with Gasteiger partial charge in [-0.1, -0.05) is 90.1 Å². The van der Waals surface area contributed by atoms with Gasteiger partial charge in [-0.2, -0.15) is 0 Å². The van der Waals surface area contributed by atoms with Crippen LogP contribution in [0.3, 0.4) is 0 Å². The van der Waals surface area contributed by atoms with Crippen LogP contribution in [-0.4, -0.2) is 10.8 Å². The molecule has 0 bridgehead atoms. The van der Waals surface area contributed by atoms with E-state index in [-0.39, 0.29) is 5.78 Å². The number of fused-ring (bicyclic) bond motifs is 1. The molecule has 1 aliphatic heterocycles. The summed E-state index contributed by atoms with van der Waals surface area (Å²) >= 11 is 3.04. The lowest BCUT2D eigenvalue weighted by Gasteiger charge is -2.36. The van der Waals surface area contributed by atoms with Crippen LogP contribution in [0.25, 0.3) is 0 Å². The summed E-state index contributed by atoms with van der Waals surface area (Å²) in [4.78, 5) is 21.0. The van der Waals surface area contributed by atoms with Crippen molar-refractivity contribution in [3.05, 3.63) is 118 Å². The Labute approximate surface area is 184 Å². The molecule has 4 heteroatoms. The van der Waals surface area contributed by atoms with E-state index in [0.717, 1.165) is 31.6 Å². The van der Waals surface area contributed by atoms with E-state index in [4.69, 9.17) is 4.99 Å². The maximum Gasteiger partial charge on any atom is 0.196 e. The molecule has 0 fully saturated rings. The SMILES string of the molecule is Cc1ccc(SC2=Nc3ccsc3C(=O)C2(c2ccccc2)c2ccccc2)cc1. The standard InChI is InChI=1S/C26H19NOS2/c1-18-12-14-21(15-13-18)30-25-26(19-8-4-2-5-9-19,20-10-6-3-7-11-20)24(28)23-22(27-25)16-17-29-23/h2-17H,1H3. The third-order valence-electron chi connectivity index (χ3n) is 5.38. The van der Waals surface area contributed by atoms with Gasteiger partial charge in [-0.15, -0.1) is 11.3 Å². The maximum atomic E-state index is 14.2. The highest BCUT2D eigenvalue weighted by molar-refractivity contribution is 8.14. The fourth-order valence-electron chi connectivity index (χ4n) is 3.89. The zero-order valence-corrected chi connectivity index (χ0v) is 18.0. The number of rotatable bonds is 3. The molecule has 0 atom stereocenters. The first-order valence-electron chi connectivity index (χ1n) is 9.76. The number of thioether (sulfide) groups is 1. The minimum atomic E-state index is -0.962. The molecular weight excluding hydrogens is 406 g/mol. The quantitative estimate of drug-likeness (QED) is 0.351. The first-order chi connectivity index (χ1) is 14.7. The smallest absolute Gasteiger partial charge is 0.196 e. The maximum absolute atomic E-state index is 14.2. The lowest BCUT2D eigenvalue weighted by atomic mass is 9.70. The molecule has 1 aromatic heterocycles. The minimum Gasteiger partial charge on any atom is -0.291 e. The first kappa shape index (κ1) is 19.0. The average Bonchev–Trinajstić information content (AvgIpc) is 3.26. The van der Waals surface area contributed by atoms with E-state index in [1.54, 1.807) is 11.8 Å². The number of Topliss-reactive ketones (excluding diaryl/α,β-unsaturated/α-hetero) is 1. The van der Waals surface area contributed by atoms with Crippen LogP contribution in [0.5, 0.6) is 0 Å². The highest BCUT2D eigenvalue weighted by Gasteiger charge is 2.50. The second-order valence-corrected chi connectivity index (χ2v) is 9.26. The highest BCUT2D eigenvalue weighted by Crippen LogP contribution is 2.49. The van der Waals surface area contributed by atoms with Gasteiger partial charge in [-0.25, -0.2) is 4.99 Å².